The van der Waals surface area contributed by atoms with Crippen LogP contribution >= 0.6 is 23.1 Å². The van der Waals surface area contributed by atoms with Gasteiger partial charge in [-0.2, -0.15) is 0 Å². The minimum atomic E-state index is -1.14. The molecular formula is C37H32FN3O7S2. The van der Waals surface area contributed by atoms with Gasteiger partial charge >= 0.3 is 5.91 Å². The van der Waals surface area contributed by atoms with Gasteiger partial charge in [0.2, 0.25) is 10.9 Å². The molecular weight excluding hydrogens is 682 g/mol. The maximum atomic E-state index is 13.8. The Hall–Kier alpha value is -5.40. The highest BCUT2D eigenvalue weighted by molar-refractivity contribution is 8.00. The first-order valence-electron chi connectivity index (χ1n) is 15.3. The molecule has 2 heterocycles. The van der Waals surface area contributed by atoms with Crippen LogP contribution < -0.4 is 23.8 Å². The second kappa shape index (κ2) is 15.0. The van der Waals surface area contributed by atoms with Crippen LogP contribution in [-0.4, -0.2) is 48.3 Å². The number of rotatable bonds is 12. The van der Waals surface area contributed by atoms with Crippen molar-refractivity contribution in [3.8, 4) is 23.0 Å². The summed E-state index contributed by atoms with van der Waals surface area (Å²) in [5.41, 5.74) is 3.55. The number of thioether (sulfide) groups is 1. The Labute approximate surface area is 296 Å². The molecule has 5 aromatic rings. The molecule has 1 aromatic heterocycles. The molecule has 1 aliphatic heterocycles. The van der Waals surface area contributed by atoms with Crippen molar-refractivity contribution in [1.29, 1.82) is 0 Å². The third-order valence-electron chi connectivity index (χ3n) is 7.94. The van der Waals surface area contributed by atoms with Crippen molar-refractivity contribution in [2.24, 2.45) is 0 Å². The Morgan fingerprint density at radius 2 is 1.60 bits per heavy atom. The Balaban J connectivity index is 1.37. The van der Waals surface area contributed by atoms with Gasteiger partial charge in [0.25, 0.3) is 5.78 Å². The number of hydrogen-bond acceptors (Lipinski definition) is 11. The Kier molecular flexibility index (Phi) is 10.3. The summed E-state index contributed by atoms with van der Waals surface area (Å²) in [6, 6.07) is 22.8. The van der Waals surface area contributed by atoms with Crippen molar-refractivity contribution in [1.82, 2.24) is 10.2 Å². The molecule has 0 spiro atoms. The van der Waals surface area contributed by atoms with Crippen LogP contribution in [0, 0.1) is 12.7 Å². The number of amides is 1. The molecule has 4 aromatic carbocycles. The maximum absolute atomic E-state index is 13.8. The van der Waals surface area contributed by atoms with Crippen molar-refractivity contribution in [3.05, 3.63) is 124 Å². The molecule has 0 aliphatic carbocycles. The average Bonchev–Trinajstić information content (AvgIpc) is 3.71. The number of carbonyl (C=O) groups is 2. The molecule has 1 aliphatic rings. The van der Waals surface area contributed by atoms with Gasteiger partial charge in [0.05, 0.1) is 32.9 Å². The molecule has 0 radical (unpaired) electrons. The topological polar surface area (TPSA) is 120 Å². The van der Waals surface area contributed by atoms with Crippen molar-refractivity contribution in [2.45, 2.75) is 29.7 Å². The Bertz CT molecular complexity index is 2040. The zero-order valence-electron chi connectivity index (χ0n) is 27.5. The van der Waals surface area contributed by atoms with Gasteiger partial charge in [0.1, 0.15) is 23.9 Å². The monoisotopic (exact) mass is 713 g/mol. The minimum Gasteiger partial charge on any atom is -0.507 e. The molecule has 1 unspecified atom stereocenters. The SMILES string of the molecule is COc1cc(C2/C(=C(\O)c3ccc(OCc4cccc(C)c4)cc3)C(=O)C(=O)N2c2nnc(SCc3ccc(F)cc3)s2)cc(OC)c1OC. The third kappa shape index (κ3) is 7.14. The lowest BCUT2D eigenvalue weighted by atomic mass is 9.94. The van der Waals surface area contributed by atoms with Crippen molar-refractivity contribution in [3.63, 3.8) is 0 Å². The van der Waals surface area contributed by atoms with Gasteiger partial charge in [-0.1, -0.05) is 65.1 Å². The standard InChI is InChI=1S/C37H32FN3O7S2/c1-21-6-5-7-23(16-21)19-48-27-14-10-24(11-15-27)32(42)30-31(25-17-28(45-2)34(47-4)29(18-25)46-3)41(35(44)33(30)43)36-39-40-37(50-36)49-20-22-8-12-26(38)13-9-22/h5-18,31,42H,19-20H2,1-4H3/b32-30+. The van der Waals surface area contributed by atoms with E-state index in [1.54, 1.807) is 48.5 Å². The van der Waals surface area contributed by atoms with E-state index in [1.807, 2.05) is 31.2 Å². The summed E-state index contributed by atoms with van der Waals surface area (Å²) in [6.07, 6.45) is 0. The van der Waals surface area contributed by atoms with Crippen molar-refractivity contribution in [2.75, 3.05) is 26.2 Å². The zero-order chi connectivity index (χ0) is 35.4. The second-order valence-corrected chi connectivity index (χ2v) is 13.4. The van der Waals surface area contributed by atoms with Crippen LogP contribution in [-0.2, 0) is 21.9 Å². The van der Waals surface area contributed by atoms with Crippen LogP contribution in [0.5, 0.6) is 23.0 Å². The number of halogens is 1. The molecule has 10 nitrogen and oxygen atoms in total. The van der Waals surface area contributed by atoms with Crippen LogP contribution in [0.1, 0.15) is 33.9 Å². The molecule has 1 amide bonds. The molecule has 1 atom stereocenters. The fraction of sp³-hybridized carbons (Fsp3) is 0.189. The van der Waals surface area contributed by atoms with E-state index in [0.717, 1.165) is 28.0 Å². The van der Waals surface area contributed by atoms with Gasteiger partial charge in [-0.05, 0) is 72.1 Å². The van der Waals surface area contributed by atoms with Gasteiger partial charge in [0.15, 0.2) is 15.8 Å². The van der Waals surface area contributed by atoms with Gasteiger partial charge < -0.3 is 24.1 Å². The summed E-state index contributed by atoms with van der Waals surface area (Å²) in [7, 11) is 4.37. The quantitative estimate of drug-likeness (QED) is 0.0457. The Morgan fingerprint density at radius 1 is 0.900 bits per heavy atom. The molecule has 1 fully saturated rings. The predicted molar refractivity (Wildman–Crippen MR) is 189 cm³/mol. The van der Waals surface area contributed by atoms with Crippen LogP contribution in [0.15, 0.2) is 94.8 Å². The zero-order valence-corrected chi connectivity index (χ0v) is 29.1. The smallest absolute Gasteiger partial charge is 0.301 e. The number of methoxy groups -OCH3 is 3. The fourth-order valence-electron chi connectivity index (χ4n) is 5.52. The lowest BCUT2D eigenvalue weighted by molar-refractivity contribution is -0.132. The van der Waals surface area contributed by atoms with Crippen LogP contribution in [0.25, 0.3) is 5.76 Å². The van der Waals surface area contributed by atoms with Crippen LogP contribution in [0.2, 0.25) is 0 Å². The predicted octanol–water partition coefficient (Wildman–Crippen LogP) is 7.51. The lowest BCUT2D eigenvalue weighted by Gasteiger charge is -2.24. The van der Waals surface area contributed by atoms with E-state index in [9.17, 15) is 19.1 Å². The third-order valence-corrected chi connectivity index (χ3v) is 10.1. The molecule has 13 heteroatoms. The first kappa shape index (κ1) is 34.5. The number of aliphatic hydroxyl groups is 1. The van der Waals surface area contributed by atoms with E-state index in [0.29, 0.717) is 39.3 Å². The number of anilines is 1. The summed E-state index contributed by atoms with van der Waals surface area (Å²) in [5, 5.41) is 20.4. The number of ether oxygens (including phenoxy) is 4. The van der Waals surface area contributed by atoms with Crippen molar-refractivity contribution >= 4 is 45.7 Å². The number of hydrogen-bond donors (Lipinski definition) is 1. The summed E-state index contributed by atoms with van der Waals surface area (Å²) >= 11 is 2.47. The summed E-state index contributed by atoms with van der Waals surface area (Å²) < 4.78 is 36.5. The maximum Gasteiger partial charge on any atom is 0.301 e. The first-order valence-corrected chi connectivity index (χ1v) is 17.1. The highest BCUT2D eigenvalue weighted by Crippen LogP contribution is 2.48. The molecule has 0 saturated carbocycles. The summed E-state index contributed by atoms with van der Waals surface area (Å²) in [4.78, 5) is 28.8. The molecule has 1 N–H and O–H groups in total. The number of aliphatic hydroxyl groups excluding tert-OH is 1. The number of aryl methyl sites for hydroxylation is 1. The molecule has 256 valence electrons. The molecule has 1 saturated heterocycles. The van der Waals surface area contributed by atoms with Gasteiger partial charge in [-0.25, -0.2) is 4.39 Å². The van der Waals surface area contributed by atoms with Crippen molar-refractivity contribution < 1.29 is 38.0 Å². The fourth-order valence-corrected chi connectivity index (χ4v) is 7.34. The molecule has 6 rings (SSSR count). The van der Waals surface area contributed by atoms with Crippen LogP contribution in [0.4, 0.5) is 9.52 Å². The highest BCUT2D eigenvalue weighted by atomic mass is 32.2. The minimum absolute atomic E-state index is 0.145. The van der Waals surface area contributed by atoms with E-state index in [4.69, 9.17) is 18.9 Å². The number of carbonyl (C=O) groups excluding carboxylic acids is 2. The summed E-state index contributed by atoms with van der Waals surface area (Å²) in [6.45, 7) is 2.36. The van der Waals surface area contributed by atoms with E-state index in [2.05, 4.69) is 10.2 Å². The van der Waals surface area contributed by atoms with Gasteiger partial charge in [0, 0.05) is 11.3 Å². The van der Waals surface area contributed by atoms with E-state index >= 15 is 0 Å². The number of aromatic nitrogens is 2. The normalized spacial score (nSPS) is 15.3. The molecule has 0 bridgehead atoms. The first-order chi connectivity index (χ1) is 24.2. The highest BCUT2D eigenvalue weighted by Gasteiger charge is 2.49. The second-order valence-electron chi connectivity index (χ2n) is 11.2. The number of nitrogens with zero attached hydrogens (tertiary/aromatic N) is 3. The number of benzene rings is 4. The Morgan fingerprint density at radius 3 is 2.24 bits per heavy atom. The van der Waals surface area contributed by atoms with E-state index in [1.165, 1.54) is 50.1 Å². The number of Topliss-reactive ketones (excluding diaryl/α,β-unsaturated/α-hetero) is 1. The van der Waals surface area contributed by atoms with Gasteiger partial charge in [-0.3, -0.25) is 14.5 Å². The molecule has 50 heavy (non-hydrogen) atoms. The van der Waals surface area contributed by atoms with E-state index < -0.39 is 17.7 Å². The van der Waals surface area contributed by atoms with Gasteiger partial charge in [-0.15, -0.1) is 10.2 Å². The number of ketones is 1. The lowest BCUT2D eigenvalue weighted by Crippen LogP contribution is -2.29. The van der Waals surface area contributed by atoms with Crippen LogP contribution in [0.3, 0.4) is 0 Å². The van der Waals surface area contributed by atoms with E-state index in [-0.39, 0.29) is 33.8 Å². The average molecular weight is 714 g/mol. The largest absolute Gasteiger partial charge is 0.507 e. The summed E-state index contributed by atoms with van der Waals surface area (Å²) in [5.74, 6) is -0.588.